The number of imide groups is 1. The summed E-state index contributed by atoms with van der Waals surface area (Å²) >= 11 is 0. The highest BCUT2D eigenvalue weighted by molar-refractivity contribution is 8.77. The van der Waals surface area contributed by atoms with Gasteiger partial charge in [0, 0.05) is 29.9 Å². The third kappa shape index (κ3) is 6.11. The lowest BCUT2D eigenvalue weighted by molar-refractivity contribution is -0.194. The molecule has 0 radical (unpaired) electrons. The summed E-state index contributed by atoms with van der Waals surface area (Å²) in [5.74, 6) is -1.73. The summed E-state index contributed by atoms with van der Waals surface area (Å²) < 4.78 is 0. The van der Waals surface area contributed by atoms with E-state index in [0.29, 0.717) is 5.06 Å². The van der Waals surface area contributed by atoms with E-state index in [2.05, 4.69) is 11.6 Å². The average Bonchev–Trinajstić information content (AvgIpc) is 2.99. The quantitative estimate of drug-likeness (QED) is 0.282. The summed E-state index contributed by atoms with van der Waals surface area (Å²) in [6, 6.07) is 5.73. The molecule has 2 amide bonds. The minimum Gasteiger partial charge on any atom is -0.325 e. The van der Waals surface area contributed by atoms with Crippen LogP contribution >= 0.6 is 21.6 Å². The van der Waals surface area contributed by atoms with Gasteiger partial charge in [0.1, 0.15) is 5.03 Å². The van der Waals surface area contributed by atoms with Gasteiger partial charge in [0.05, 0.1) is 0 Å². The molecule has 142 valence electrons. The monoisotopic (exact) mass is 404 g/mol. The maximum absolute atomic E-state index is 12.1. The van der Waals surface area contributed by atoms with Crippen LogP contribution in [-0.2, 0) is 19.2 Å². The van der Waals surface area contributed by atoms with Crippen LogP contribution in [0, 0.1) is 0 Å². The molecule has 0 spiro atoms. The van der Waals surface area contributed by atoms with E-state index >= 15 is 0 Å². The Labute approximate surface area is 166 Å². The average molecular weight is 405 g/mol. The fourth-order valence-electron chi connectivity index (χ4n) is 2.04. The number of aromatic nitrogens is 1. The molecule has 1 aliphatic heterocycles. The van der Waals surface area contributed by atoms with E-state index in [1.807, 2.05) is 25.1 Å². The predicted octanol–water partition coefficient (Wildman–Crippen LogP) is 3.88. The molecule has 1 aliphatic rings. The van der Waals surface area contributed by atoms with Crippen LogP contribution in [0.15, 0.2) is 65.4 Å². The minimum atomic E-state index is -0.735. The van der Waals surface area contributed by atoms with E-state index in [9.17, 15) is 14.4 Å². The van der Waals surface area contributed by atoms with Gasteiger partial charge in [-0.25, -0.2) is 9.78 Å². The molecule has 0 aliphatic carbocycles. The van der Waals surface area contributed by atoms with Crippen LogP contribution < -0.4 is 0 Å². The maximum Gasteiger partial charge on any atom is 0.359 e. The predicted molar refractivity (Wildman–Crippen MR) is 106 cm³/mol. The molecule has 0 bridgehead atoms. The first-order valence-electron chi connectivity index (χ1n) is 8.25. The molecule has 1 aromatic rings. The Balaban J connectivity index is 1.96. The molecule has 27 heavy (non-hydrogen) atoms. The van der Waals surface area contributed by atoms with Crippen molar-refractivity contribution < 1.29 is 19.2 Å². The summed E-state index contributed by atoms with van der Waals surface area (Å²) in [7, 11) is 3.18. The van der Waals surface area contributed by atoms with Gasteiger partial charge in [0.15, 0.2) is 0 Å². The zero-order chi connectivity index (χ0) is 19.8. The van der Waals surface area contributed by atoms with E-state index in [1.165, 1.54) is 0 Å². The van der Waals surface area contributed by atoms with Crippen molar-refractivity contribution in [2.75, 3.05) is 0 Å². The smallest absolute Gasteiger partial charge is 0.325 e. The highest BCUT2D eigenvalue weighted by Gasteiger charge is 2.33. The lowest BCUT2D eigenvalue weighted by atomic mass is 10.1. The summed E-state index contributed by atoms with van der Waals surface area (Å²) in [4.78, 5) is 44.2. The Morgan fingerprint density at radius 3 is 2.59 bits per heavy atom. The van der Waals surface area contributed by atoms with Crippen molar-refractivity contribution in [2.24, 2.45) is 0 Å². The van der Waals surface area contributed by atoms with Gasteiger partial charge in [-0.3, -0.25) is 9.59 Å². The van der Waals surface area contributed by atoms with E-state index < -0.39 is 17.8 Å². The first-order chi connectivity index (χ1) is 12.9. The second kappa shape index (κ2) is 10.1. The minimum absolute atomic E-state index is 0.0675. The zero-order valence-electron chi connectivity index (χ0n) is 15.1. The summed E-state index contributed by atoms with van der Waals surface area (Å²) in [6.07, 6.45) is 6.96. The topological polar surface area (TPSA) is 76.6 Å². The van der Waals surface area contributed by atoms with Crippen molar-refractivity contribution in [3.63, 3.8) is 0 Å². The Morgan fingerprint density at radius 2 is 2.00 bits per heavy atom. The first kappa shape index (κ1) is 21.0. The van der Waals surface area contributed by atoms with Gasteiger partial charge in [0.2, 0.25) is 0 Å². The van der Waals surface area contributed by atoms with Crippen molar-refractivity contribution in [3.8, 4) is 0 Å². The van der Waals surface area contributed by atoms with Crippen LogP contribution in [0.25, 0.3) is 0 Å². The van der Waals surface area contributed by atoms with Gasteiger partial charge in [-0.2, -0.15) is 0 Å². The van der Waals surface area contributed by atoms with Crippen LogP contribution in [0.1, 0.15) is 26.7 Å². The molecular formula is C19H20N2O4S2. The highest BCUT2D eigenvalue weighted by Crippen LogP contribution is 2.36. The van der Waals surface area contributed by atoms with E-state index in [4.69, 9.17) is 4.84 Å². The molecule has 2 rings (SSSR count). The number of allylic oxidation sites excluding steroid dienone is 3. The number of pyridine rings is 1. The number of amides is 2. The number of hydroxylamine groups is 2. The lowest BCUT2D eigenvalue weighted by Gasteiger charge is -2.13. The summed E-state index contributed by atoms with van der Waals surface area (Å²) in [5.41, 5.74) is 1.19. The summed E-state index contributed by atoms with van der Waals surface area (Å²) in [6.45, 7) is 7.40. The first-order valence-corrected chi connectivity index (χ1v) is 10.5. The molecule has 0 N–H and O–H groups in total. The van der Waals surface area contributed by atoms with Gasteiger partial charge in [0.25, 0.3) is 11.8 Å². The number of carbonyl (C=O) groups is 3. The fraction of sp³-hybridized carbons (Fsp3) is 0.263. The second-order valence-electron chi connectivity index (χ2n) is 5.67. The van der Waals surface area contributed by atoms with E-state index in [0.717, 1.165) is 10.6 Å². The Morgan fingerprint density at radius 1 is 1.30 bits per heavy atom. The molecule has 1 unspecified atom stereocenters. The standard InChI is InChI=1S/C19H20N2O4S2/c1-4-15(14(3)26-27-16-7-5-6-12-20-16)9-8-13(2)19(24)25-21-17(22)10-11-18(21)23/h4-9,12,14H,1,10-11H2,2-3H3/b13-8+,15-9+. The van der Waals surface area contributed by atoms with E-state index in [1.54, 1.807) is 52.9 Å². The van der Waals surface area contributed by atoms with Crippen molar-refractivity contribution in [1.82, 2.24) is 10.0 Å². The molecule has 1 atom stereocenters. The molecule has 6 nitrogen and oxygen atoms in total. The number of carbonyl (C=O) groups excluding carboxylic acids is 3. The molecule has 8 heteroatoms. The third-order valence-electron chi connectivity index (χ3n) is 3.65. The third-order valence-corrected chi connectivity index (χ3v) is 6.38. The van der Waals surface area contributed by atoms with Crippen molar-refractivity contribution in [3.05, 3.63) is 60.3 Å². The van der Waals surface area contributed by atoms with Crippen LogP contribution in [0.3, 0.4) is 0 Å². The van der Waals surface area contributed by atoms with Crippen molar-refractivity contribution in [2.45, 2.75) is 37.0 Å². The maximum atomic E-state index is 12.1. The van der Waals surface area contributed by atoms with Crippen LogP contribution in [-0.4, -0.2) is 33.1 Å². The molecular weight excluding hydrogens is 384 g/mol. The zero-order valence-corrected chi connectivity index (χ0v) is 16.7. The van der Waals surface area contributed by atoms with Crippen molar-refractivity contribution >= 4 is 39.4 Å². The molecule has 1 saturated heterocycles. The van der Waals surface area contributed by atoms with Gasteiger partial charge in [-0.05, 0) is 42.3 Å². The van der Waals surface area contributed by atoms with Gasteiger partial charge in [-0.15, -0.1) is 5.06 Å². The number of rotatable bonds is 8. The van der Waals surface area contributed by atoms with Crippen LogP contribution in [0.4, 0.5) is 0 Å². The SMILES string of the molecule is C=C/C(=C\C=C(/C)C(=O)ON1C(=O)CCC1=O)C(C)SSc1ccccn1. The Bertz CT molecular complexity index is 774. The van der Waals surface area contributed by atoms with Gasteiger partial charge < -0.3 is 4.84 Å². The Hall–Kier alpha value is -2.32. The largest absolute Gasteiger partial charge is 0.359 e. The summed E-state index contributed by atoms with van der Waals surface area (Å²) in [5, 5.41) is 1.56. The Kier molecular flexibility index (Phi) is 7.87. The molecule has 1 aromatic heterocycles. The molecule has 2 heterocycles. The fourth-order valence-corrected chi connectivity index (χ4v) is 4.17. The molecule has 0 saturated carbocycles. The number of nitrogens with zero attached hydrogens (tertiary/aromatic N) is 2. The van der Waals surface area contributed by atoms with Crippen LogP contribution in [0.2, 0.25) is 0 Å². The number of hydrogen-bond acceptors (Lipinski definition) is 7. The van der Waals surface area contributed by atoms with E-state index in [-0.39, 0.29) is 23.7 Å². The second-order valence-corrected chi connectivity index (χ2v) is 8.23. The molecule has 0 aromatic carbocycles. The van der Waals surface area contributed by atoms with Crippen molar-refractivity contribution in [1.29, 1.82) is 0 Å². The van der Waals surface area contributed by atoms with Crippen LogP contribution in [0.5, 0.6) is 0 Å². The normalized spacial score (nSPS) is 16.4. The van der Waals surface area contributed by atoms with Gasteiger partial charge >= 0.3 is 5.97 Å². The molecule has 1 fully saturated rings. The lowest BCUT2D eigenvalue weighted by Crippen LogP contribution is -2.32. The van der Waals surface area contributed by atoms with Gasteiger partial charge in [-0.1, -0.05) is 41.7 Å². The number of hydrogen-bond donors (Lipinski definition) is 0. The highest BCUT2D eigenvalue weighted by atomic mass is 33.1.